The van der Waals surface area contributed by atoms with Gasteiger partial charge in [-0.2, -0.15) is 4.98 Å². The number of benzene rings is 2. The number of nitrogens with zero attached hydrogens (tertiary/aromatic N) is 2. The van der Waals surface area contributed by atoms with Crippen LogP contribution < -0.4 is 16.0 Å². The minimum absolute atomic E-state index is 0.111. The minimum Gasteiger partial charge on any atom is -0.340 e. The van der Waals surface area contributed by atoms with Crippen molar-refractivity contribution in [3.8, 4) is 0 Å². The quantitative estimate of drug-likeness (QED) is 0.588. The summed E-state index contributed by atoms with van der Waals surface area (Å²) in [7, 11) is 0. The highest BCUT2D eigenvalue weighted by Gasteiger charge is 2.06. The van der Waals surface area contributed by atoms with E-state index in [0.29, 0.717) is 5.95 Å². The van der Waals surface area contributed by atoms with Crippen LogP contribution in [0.1, 0.15) is 25.1 Å². The fourth-order valence-corrected chi connectivity index (χ4v) is 2.78. The summed E-state index contributed by atoms with van der Waals surface area (Å²) in [6.07, 6.45) is 0.939. The minimum atomic E-state index is -0.111. The zero-order chi connectivity index (χ0) is 19.2. The van der Waals surface area contributed by atoms with Crippen molar-refractivity contribution in [3.05, 3.63) is 65.9 Å². The normalized spacial score (nSPS) is 10.3. The van der Waals surface area contributed by atoms with E-state index in [0.717, 1.165) is 35.0 Å². The largest absolute Gasteiger partial charge is 0.340 e. The monoisotopic (exact) mass is 361 g/mol. The predicted molar refractivity (Wildman–Crippen MR) is 110 cm³/mol. The molecule has 3 aromatic rings. The lowest BCUT2D eigenvalue weighted by Crippen LogP contribution is -2.06. The summed E-state index contributed by atoms with van der Waals surface area (Å²) in [5, 5.41) is 9.35. The maximum atomic E-state index is 11.2. The first-order valence-corrected chi connectivity index (χ1v) is 8.89. The van der Waals surface area contributed by atoms with Gasteiger partial charge in [0.2, 0.25) is 11.9 Å². The van der Waals surface area contributed by atoms with Crippen molar-refractivity contribution in [2.45, 2.75) is 27.2 Å². The maximum Gasteiger partial charge on any atom is 0.229 e. The molecule has 0 bridgehead atoms. The average molecular weight is 361 g/mol. The van der Waals surface area contributed by atoms with Gasteiger partial charge in [-0.15, -0.1) is 0 Å². The van der Waals surface area contributed by atoms with Crippen LogP contribution in [-0.4, -0.2) is 15.9 Å². The van der Waals surface area contributed by atoms with Crippen LogP contribution >= 0.6 is 0 Å². The van der Waals surface area contributed by atoms with Gasteiger partial charge in [0, 0.05) is 35.7 Å². The summed E-state index contributed by atoms with van der Waals surface area (Å²) < 4.78 is 0. The van der Waals surface area contributed by atoms with Crippen molar-refractivity contribution in [1.29, 1.82) is 0 Å². The van der Waals surface area contributed by atoms with Crippen LogP contribution in [0.25, 0.3) is 0 Å². The van der Waals surface area contributed by atoms with Gasteiger partial charge >= 0.3 is 0 Å². The molecule has 27 heavy (non-hydrogen) atoms. The van der Waals surface area contributed by atoms with Gasteiger partial charge in [0.25, 0.3) is 0 Å². The molecule has 2 aromatic carbocycles. The Labute approximate surface area is 159 Å². The lowest BCUT2D eigenvalue weighted by Gasteiger charge is -2.13. The van der Waals surface area contributed by atoms with E-state index in [4.69, 9.17) is 0 Å². The van der Waals surface area contributed by atoms with Gasteiger partial charge in [0.1, 0.15) is 5.82 Å². The Morgan fingerprint density at radius 1 is 0.963 bits per heavy atom. The first-order chi connectivity index (χ1) is 13.0. The first kappa shape index (κ1) is 18.4. The molecule has 1 heterocycles. The highest BCUT2D eigenvalue weighted by Crippen LogP contribution is 2.23. The summed E-state index contributed by atoms with van der Waals surface area (Å²) >= 11 is 0. The Hall–Kier alpha value is -3.41. The molecule has 0 radical (unpaired) electrons. The molecule has 0 aliphatic rings. The molecule has 0 aliphatic heterocycles. The van der Waals surface area contributed by atoms with E-state index in [-0.39, 0.29) is 5.91 Å². The molecule has 0 saturated heterocycles. The van der Waals surface area contributed by atoms with Gasteiger partial charge in [-0.05, 0) is 43.2 Å². The van der Waals surface area contributed by atoms with Crippen LogP contribution in [-0.2, 0) is 11.2 Å². The zero-order valence-corrected chi connectivity index (χ0v) is 15.7. The third-order valence-electron chi connectivity index (χ3n) is 3.95. The van der Waals surface area contributed by atoms with Crippen molar-refractivity contribution in [2.75, 3.05) is 16.0 Å². The molecule has 0 spiro atoms. The highest BCUT2D eigenvalue weighted by molar-refractivity contribution is 5.89. The van der Waals surface area contributed by atoms with Crippen LogP contribution in [0.15, 0.2) is 54.6 Å². The molecule has 0 atom stereocenters. The molecule has 138 valence electrons. The summed E-state index contributed by atoms with van der Waals surface area (Å²) in [5.41, 5.74) is 4.63. The highest BCUT2D eigenvalue weighted by atomic mass is 16.1. The van der Waals surface area contributed by atoms with E-state index in [1.165, 1.54) is 12.5 Å². The molecule has 0 unspecified atom stereocenters. The standard InChI is InChI=1S/C21H23N5O/c1-4-16-8-5-6-11-19(16)25-20-12-14(2)22-21(26-20)24-18-10-7-9-17(13-18)23-15(3)27/h5-13H,4H2,1-3H3,(H,23,27)(H2,22,24,25,26). The first-order valence-electron chi connectivity index (χ1n) is 8.89. The number of para-hydroxylation sites is 1. The van der Waals surface area contributed by atoms with Crippen molar-refractivity contribution < 1.29 is 4.79 Å². The average Bonchev–Trinajstić information content (AvgIpc) is 2.61. The maximum absolute atomic E-state index is 11.2. The van der Waals surface area contributed by atoms with Crippen molar-refractivity contribution in [2.24, 2.45) is 0 Å². The topological polar surface area (TPSA) is 78.9 Å². The van der Waals surface area contributed by atoms with E-state index < -0.39 is 0 Å². The van der Waals surface area contributed by atoms with E-state index in [9.17, 15) is 4.79 Å². The molecular weight excluding hydrogens is 338 g/mol. The summed E-state index contributed by atoms with van der Waals surface area (Å²) in [4.78, 5) is 20.3. The number of rotatable bonds is 6. The molecule has 0 fully saturated rings. The second-order valence-electron chi connectivity index (χ2n) is 6.24. The molecule has 0 aliphatic carbocycles. The molecule has 1 amide bonds. The zero-order valence-electron chi connectivity index (χ0n) is 15.7. The summed E-state index contributed by atoms with van der Waals surface area (Å²) in [6, 6.07) is 17.5. The summed E-state index contributed by atoms with van der Waals surface area (Å²) in [6.45, 7) is 5.54. The van der Waals surface area contributed by atoms with Crippen molar-refractivity contribution in [1.82, 2.24) is 9.97 Å². The number of aromatic nitrogens is 2. The number of amides is 1. The number of aryl methyl sites for hydroxylation is 2. The van der Waals surface area contributed by atoms with Crippen LogP contribution in [0.4, 0.5) is 28.8 Å². The van der Waals surface area contributed by atoms with Gasteiger partial charge < -0.3 is 16.0 Å². The van der Waals surface area contributed by atoms with Gasteiger partial charge in [-0.25, -0.2) is 4.98 Å². The summed E-state index contributed by atoms with van der Waals surface area (Å²) in [5.74, 6) is 1.11. The number of carbonyl (C=O) groups excluding carboxylic acids is 1. The predicted octanol–water partition coefficient (Wildman–Crippen LogP) is 4.79. The van der Waals surface area contributed by atoms with Crippen LogP contribution in [0.2, 0.25) is 0 Å². The second kappa shape index (κ2) is 8.31. The van der Waals surface area contributed by atoms with Gasteiger partial charge in [-0.3, -0.25) is 4.79 Å². The molecule has 0 saturated carbocycles. The fraction of sp³-hybridized carbons (Fsp3) is 0.190. The Morgan fingerprint density at radius 2 is 1.74 bits per heavy atom. The third kappa shape index (κ3) is 5.04. The van der Waals surface area contributed by atoms with Crippen LogP contribution in [0.5, 0.6) is 0 Å². The Bertz CT molecular complexity index is 955. The van der Waals surface area contributed by atoms with E-state index >= 15 is 0 Å². The molecule has 3 rings (SSSR count). The lowest BCUT2D eigenvalue weighted by atomic mass is 10.1. The van der Waals surface area contributed by atoms with Crippen LogP contribution in [0.3, 0.4) is 0 Å². The third-order valence-corrected chi connectivity index (χ3v) is 3.95. The number of hydrogen-bond acceptors (Lipinski definition) is 5. The number of carbonyl (C=O) groups is 1. The molecule has 6 heteroatoms. The molecule has 1 aromatic heterocycles. The lowest BCUT2D eigenvalue weighted by molar-refractivity contribution is -0.114. The van der Waals surface area contributed by atoms with Gasteiger partial charge in [0.15, 0.2) is 0 Å². The molecule has 3 N–H and O–H groups in total. The Kier molecular flexibility index (Phi) is 5.66. The Morgan fingerprint density at radius 3 is 2.52 bits per heavy atom. The molecular formula is C21H23N5O. The van der Waals surface area contributed by atoms with E-state index in [2.05, 4.69) is 38.9 Å². The SMILES string of the molecule is CCc1ccccc1Nc1cc(C)nc(Nc2cccc(NC(C)=O)c2)n1. The number of nitrogens with one attached hydrogen (secondary N) is 3. The van der Waals surface area contributed by atoms with Crippen molar-refractivity contribution in [3.63, 3.8) is 0 Å². The second-order valence-corrected chi connectivity index (χ2v) is 6.24. The number of hydrogen-bond donors (Lipinski definition) is 3. The van der Waals surface area contributed by atoms with Gasteiger partial charge in [-0.1, -0.05) is 31.2 Å². The van der Waals surface area contributed by atoms with Gasteiger partial charge in [0.05, 0.1) is 0 Å². The van der Waals surface area contributed by atoms with Crippen molar-refractivity contribution >= 4 is 34.7 Å². The van der Waals surface area contributed by atoms with E-state index in [1.807, 2.05) is 55.5 Å². The smallest absolute Gasteiger partial charge is 0.229 e. The van der Waals surface area contributed by atoms with Crippen LogP contribution in [0, 0.1) is 6.92 Å². The molecule has 6 nitrogen and oxygen atoms in total. The fourth-order valence-electron chi connectivity index (χ4n) is 2.78. The number of anilines is 5. The van der Waals surface area contributed by atoms with E-state index in [1.54, 1.807) is 0 Å². The Balaban J connectivity index is 1.82.